The first kappa shape index (κ1) is 9.66. The number of thiophene rings is 1. The van der Waals surface area contributed by atoms with E-state index in [1.165, 1.54) is 16.0 Å². The molecule has 0 amide bonds. The summed E-state index contributed by atoms with van der Waals surface area (Å²) in [4.78, 5) is 12.5. The lowest BCUT2D eigenvalue weighted by molar-refractivity contribution is -0.115. The Labute approximate surface area is 88.5 Å². The fourth-order valence-electron chi connectivity index (χ4n) is 1.85. The highest BCUT2D eigenvalue weighted by atomic mass is 32.1. The van der Waals surface area contributed by atoms with Crippen molar-refractivity contribution < 1.29 is 4.79 Å². The fourth-order valence-corrected chi connectivity index (χ4v) is 2.56. The zero-order valence-electron chi connectivity index (χ0n) is 8.38. The maximum Gasteiger partial charge on any atom is 0.155 e. The van der Waals surface area contributed by atoms with Crippen LogP contribution in [0, 0.1) is 6.92 Å². The molecular formula is C12H14OS. The normalized spacial score (nSPS) is 16.9. The molecule has 1 aliphatic carbocycles. The average molecular weight is 206 g/mol. The molecule has 0 bridgehead atoms. The Morgan fingerprint density at radius 2 is 2.29 bits per heavy atom. The van der Waals surface area contributed by atoms with Gasteiger partial charge in [-0.25, -0.2) is 0 Å². The van der Waals surface area contributed by atoms with Crippen LogP contribution in [0.5, 0.6) is 0 Å². The van der Waals surface area contributed by atoms with Gasteiger partial charge in [-0.3, -0.25) is 4.79 Å². The van der Waals surface area contributed by atoms with Gasteiger partial charge >= 0.3 is 0 Å². The van der Waals surface area contributed by atoms with Crippen molar-refractivity contribution in [3.8, 4) is 0 Å². The third-order valence-electron chi connectivity index (χ3n) is 2.50. The van der Waals surface area contributed by atoms with Gasteiger partial charge in [-0.1, -0.05) is 5.57 Å². The van der Waals surface area contributed by atoms with E-state index in [-0.39, 0.29) is 0 Å². The number of hydrogen-bond donors (Lipinski definition) is 0. The standard InChI is InChI=1S/C12H14OS/c1-9-5-11(8-14-9)6-10-3-2-4-12(13)7-10/h5,7-8H,2-4,6H2,1H3. The molecule has 1 nitrogen and oxygen atoms in total. The first-order chi connectivity index (χ1) is 6.74. The van der Waals surface area contributed by atoms with Gasteiger partial charge in [0, 0.05) is 11.3 Å². The predicted molar refractivity (Wildman–Crippen MR) is 59.7 cm³/mol. The Balaban J connectivity index is 2.07. The van der Waals surface area contributed by atoms with Crippen LogP contribution < -0.4 is 0 Å². The Morgan fingerprint density at radius 3 is 2.93 bits per heavy atom. The zero-order valence-corrected chi connectivity index (χ0v) is 9.19. The summed E-state index contributed by atoms with van der Waals surface area (Å²) in [5.41, 5.74) is 2.66. The lowest BCUT2D eigenvalue weighted by Gasteiger charge is -2.10. The predicted octanol–water partition coefficient (Wildman–Crippen LogP) is 3.28. The van der Waals surface area contributed by atoms with Gasteiger partial charge in [0.05, 0.1) is 0 Å². The van der Waals surface area contributed by atoms with E-state index in [1.807, 2.05) is 6.08 Å². The van der Waals surface area contributed by atoms with E-state index in [9.17, 15) is 4.79 Å². The van der Waals surface area contributed by atoms with Crippen molar-refractivity contribution >= 4 is 17.1 Å². The average Bonchev–Trinajstić information content (AvgIpc) is 2.51. The van der Waals surface area contributed by atoms with Crippen LogP contribution in [0.1, 0.15) is 29.7 Å². The molecule has 0 fully saturated rings. The highest BCUT2D eigenvalue weighted by Crippen LogP contribution is 2.22. The molecule has 0 aromatic carbocycles. The Kier molecular flexibility index (Phi) is 2.82. The number of allylic oxidation sites excluding steroid dienone is 2. The lowest BCUT2D eigenvalue weighted by atomic mass is 9.94. The summed E-state index contributed by atoms with van der Waals surface area (Å²) < 4.78 is 0. The first-order valence-electron chi connectivity index (χ1n) is 5.00. The van der Waals surface area contributed by atoms with Crippen molar-refractivity contribution in [2.75, 3.05) is 0 Å². The molecule has 0 N–H and O–H groups in total. The summed E-state index contributed by atoms with van der Waals surface area (Å²) in [5.74, 6) is 0.304. The minimum atomic E-state index is 0.304. The van der Waals surface area contributed by atoms with Crippen molar-refractivity contribution in [2.24, 2.45) is 0 Å². The lowest BCUT2D eigenvalue weighted by Crippen LogP contribution is -2.04. The molecule has 0 spiro atoms. The van der Waals surface area contributed by atoms with Crippen LogP contribution in [0.3, 0.4) is 0 Å². The van der Waals surface area contributed by atoms with E-state index in [0.717, 1.165) is 25.7 Å². The monoisotopic (exact) mass is 206 g/mol. The summed E-state index contributed by atoms with van der Waals surface area (Å²) in [6, 6.07) is 2.21. The maximum atomic E-state index is 11.2. The third-order valence-corrected chi connectivity index (χ3v) is 3.41. The Hall–Kier alpha value is -0.890. The maximum absolute atomic E-state index is 11.2. The summed E-state index contributed by atoms with van der Waals surface area (Å²) in [5, 5.41) is 2.19. The van der Waals surface area contributed by atoms with E-state index in [0.29, 0.717) is 5.78 Å². The number of hydrogen-bond acceptors (Lipinski definition) is 2. The van der Waals surface area contributed by atoms with Crippen LogP contribution in [0.15, 0.2) is 23.1 Å². The summed E-state index contributed by atoms with van der Waals surface area (Å²) >= 11 is 1.78. The highest BCUT2D eigenvalue weighted by Gasteiger charge is 2.10. The second-order valence-electron chi connectivity index (χ2n) is 3.86. The summed E-state index contributed by atoms with van der Waals surface area (Å²) in [7, 11) is 0. The van der Waals surface area contributed by atoms with Gasteiger partial charge < -0.3 is 0 Å². The minimum absolute atomic E-state index is 0.304. The Morgan fingerprint density at radius 1 is 1.43 bits per heavy atom. The molecule has 0 saturated carbocycles. The minimum Gasteiger partial charge on any atom is -0.295 e. The van der Waals surface area contributed by atoms with Gasteiger partial charge in [-0.2, -0.15) is 0 Å². The van der Waals surface area contributed by atoms with E-state index in [1.54, 1.807) is 11.3 Å². The molecule has 1 aromatic rings. The second kappa shape index (κ2) is 4.09. The molecule has 1 aliphatic rings. The van der Waals surface area contributed by atoms with E-state index < -0.39 is 0 Å². The summed E-state index contributed by atoms with van der Waals surface area (Å²) in [6.45, 7) is 2.12. The van der Waals surface area contributed by atoms with Crippen molar-refractivity contribution in [3.05, 3.63) is 33.5 Å². The largest absolute Gasteiger partial charge is 0.295 e. The fraction of sp³-hybridized carbons (Fsp3) is 0.417. The Bertz CT molecular complexity index is 373. The van der Waals surface area contributed by atoms with E-state index in [4.69, 9.17) is 0 Å². The molecule has 1 heterocycles. The van der Waals surface area contributed by atoms with Gasteiger partial charge in [-0.05, 0) is 49.3 Å². The van der Waals surface area contributed by atoms with Crippen LogP contribution in [0.2, 0.25) is 0 Å². The highest BCUT2D eigenvalue weighted by molar-refractivity contribution is 7.10. The molecule has 0 saturated heterocycles. The molecule has 2 heteroatoms. The molecule has 0 atom stereocenters. The van der Waals surface area contributed by atoms with Gasteiger partial charge in [0.25, 0.3) is 0 Å². The molecule has 0 aliphatic heterocycles. The zero-order chi connectivity index (χ0) is 9.97. The van der Waals surface area contributed by atoms with Gasteiger partial charge in [0.2, 0.25) is 0 Å². The smallest absolute Gasteiger partial charge is 0.155 e. The van der Waals surface area contributed by atoms with Crippen LogP contribution >= 0.6 is 11.3 Å². The molecule has 14 heavy (non-hydrogen) atoms. The van der Waals surface area contributed by atoms with Crippen molar-refractivity contribution in [1.82, 2.24) is 0 Å². The van der Waals surface area contributed by atoms with Gasteiger partial charge in [0.15, 0.2) is 5.78 Å². The molecule has 1 aromatic heterocycles. The van der Waals surface area contributed by atoms with Crippen LogP contribution in [-0.2, 0) is 11.2 Å². The number of rotatable bonds is 2. The van der Waals surface area contributed by atoms with E-state index in [2.05, 4.69) is 18.4 Å². The molecule has 74 valence electrons. The van der Waals surface area contributed by atoms with Crippen molar-refractivity contribution in [2.45, 2.75) is 32.6 Å². The third kappa shape index (κ3) is 2.32. The van der Waals surface area contributed by atoms with Gasteiger partial charge in [0.1, 0.15) is 0 Å². The van der Waals surface area contributed by atoms with E-state index >= 15 is 0 Å². The van der Waals surface area contributed by atoms with Crippen LogP contribution in [0.25, 0.3) is 0 Å². The molecular weight excluding hydrogens is 192 g/mol. The van der Waals surface area contributed by atoms with Crippen molar-refractivity contribution in [1.29, 1.82) is 0 Å². The SMILES string of the molecule is Cc1cc(CC2=CC(=O)CCC2)cs1. The van der Waals surface area contributed by atoms with Crippen molar-refractivity contribution in [3.63, 3.8) is 0 Å². The quantitative estimate of drug-likeness (QED) is 0.725. The topological polar surface area (TPSA) is 17.1 Å². The van der Waals surface area contributed by atoms with Gasteiger partial charge in [-0.15, -0.1) is 11.3 Å². The van der Waals surface area contributed by atoms with Crippen LogP contribution in [-0.4, -0.2) is 5.78 Å². The number of carbonyl (C=O) groups excluding carboxylic acids is 1. The molecule has 0 radical (unpaired) electrons. The van der Waals surface area contributed by atoms with Crippen LogP contribution in [0.4, 0.5) is 0 Å². The number of carbonyl (C=O) groups is 1. The summed E-state index contributed by atoms with van der Waals surface area (Å²) in [6.07, 6.45) is 5.69. The molecule has 2 rings (SSSR count). The first-order valence-corrected chi connectivity index (χ1v) is 5.88. The number of aryl methyl sites for hydroxylation is 1. The second-order valence-corrected chi connectivity index (χ2v) is 4.98. The number of ketones is 1. The molecule has 0 unspecified atom stereocenters.